The summed E-state index contributed by atoms with van der Waals surface area (Å²) < 4.78 is 0. The number of anilines is 1. The van der Waals surface area contributed by atoms with Gasteiger partial charge in [0.15, 0.2) is 0 Å². The number of fused-ring (bicyclic) bond motifs is 1. The number of rotatable bonds is 5. The predicted octanol–water partition coefficient (Wildman–Crippen LogP) is 3.48. The fourth-order valence-corrected chi connectivity index (χ4v) is 4.85. The Kier molecular flexibility index (Phi) is 6.54. The van der Waals surface area contributed by atoms with Gasteiger partial charge in [0.25, 0.3) is 0 Å². The molecule has 2 aliphatic rings. The highest BCUT2D eigenvalue weighted by atomic mass is 16.3. The van der Waals surface area contributed by atoms with Crippen LogP contribution < -0.4 is 16.0 Å². The number of hydrogen-bond acceptors (Lipinski definition) is 5. The first kappa shape index (κ1) is 21.1. The van der Waals surface area contributed by atoms with Crippen LogP contribution in [-0.2, 0) is 0 Å². The predicted molar refractivity (Wildman–Crippen MR) is 124 cm³/mol. The van der Waals surface area contributed by atoms with Gasteiger partial charge in [-0.1, -0.05) is 30.9 Å². The van der Waals surface area contributed by atoms with Crippen LogP contribution in [0, 0.1) is 6.92 Å². The number of nitrogens with zero attached hydrogens (tertiary/aromatic N) is 3. The zero-order valence-corrected chi connectivity index (χ0v) is 18.3. The van der Waals surface area contributed by atoms with Gasteiger partial charge < -0.3 is 21.1 Å². The molecule has 2 fully saturated rings. The smallest absolute Gasteiger partial charge is 0.144 e. The molecule has 6 nitrogen and oxygen atoms in total. The van der Waals surface area contributed by atoms with E-state index >= 15 is 0 Å². The van der Waals surface area contributed by atoms with Crippen LogP contribution in [0.5, 0.6) is 0 Å². The molecule has 1 aromatic heterocycles. The Morgan fingerprint density at radius 2 is 1.83 bits per heavy atom. The van der Waals surface area contributed by atoms with E-state index < -0.39 is 6.23 Å². The second kappa shape index (κ2) is 9.31. The van der Waals surface area contributed by atoms with Crippen LogP contribution in [0.1, 0.15) is 63.0 Å². The Bertz CT molecular complexity index is 896. The SMILES string of the molecule is Cc1ccc2nc(N3CCC(NC4CCCCC4)CC3)c(C(N)=NC(C)O)cc2c1. The summed E-state index contributed by atoms with van der Waals surface area (Å²) in [7, 11) is 0. The molecule has 6 heteroatoms. The van der Waals surface area contributed by atoms with Crippen molar-refractivity contribution in [2.45, 2.75) is 77.1 Å². The second-order valence-corrected chi connectivity index (χ2v) is 8.96. The molecule has 0 amide bonds. The average molecular weight is 410 g/mol. The maximum atomic E-state index is 9.72. The number of aromatic nitrogens is 1. The van der Waals surface area contributed by atoms with Crippen molar-refractivity contribution in [3.8, 4) is 0 Å². The number of nitrogens with one attached hydrogen (secondary N) is 1. The number of aryl methyl sites for hydroxylation is 1. The van der Waals surface area contributed by atoms with E-state index in [1.54, 1.807) is 6.92 Å². The third kappa shape index (κ3) is 4.93. The van der Waals surface area contributed by atoms with Crippen molar-refractivity contribution < 1.29 is 5.11 Å². The fraction of sp³-hybridized carbons (Fsp3) is 0.583. The van der Waals surface area contributed by atoms with Crippen molar-refractivity contribution in [2.75, 3.05) is 18.0 Å². The van der Waals surface area contributed by atoms with Crippen molar-refractivity contribution in [3.63, 3.8) is 0 Å². The van der Waals surface area contributed by atoms with Crippen molar-refractivity contribution in [3.05, 3.63) is 35.4 Å². The van der Waals surface area contributed by atoms with E-state index in [0.717, 1.165) is 48.2 Å². The van der Waals surface area contributed by atoms with Gasteiger partial charge in [0, 0.05) is 30.6 Å². The number of aliphatic imine (C=N–C) groups is 1. The third-order valence-corrected chi connectivity index (χ3v) is 6.42. The monoisotopic (exact) mass is 409 g/mol. The van der Waals surface area contributed by atoms with Gasteiger partial charge in [0.2, 0.25) is 0 Å². The Morgan fingerprint density at radius 3 is 2.53 bits per heavy atom. The van der Waals surface area contributed by atoms with Crippen molar-refractivity contribution >= 4 is 22.6 Å². The lowest BCUT2D eigenvalue weighted by Crippen LogP contribution is -2.47. The number of piperidine rings is 1. The Hall–Kier alpha value is -2.18. The van der Waals surface area contributed by atoms with Gasteiger partial charge in [-0.25, -0.2) is 9.98 Å². The van der Waals surface area contributed by atoms with E-state index in [-0.39, 0.29) is 0 Å². The van der Waals surface area contributed by atoms with Gasteiger partial charge in [-0.2, -0.15) is 0 Å². The van der Waals surface area contributed by atoms with E-state index in [1.165, 1.54) is 37.7 Å². The largest absolute Gasteiger partial charge is 0.383 e. The lowest BCUT2D eigenvalue weighted by atomic mass is 9.93. The Balaban J connectivity index is 1.56. The van der Waals surface area contributed by atoms with E-state index in [4.69, 9.17) is 10.7 Å². The van der Waals surface area contributed by atoms with Crippen LogP contribution >= 0.6 is 0 Å². The lowest BCUT2D eigenvalue weighted by Gasteiger charge is -2.37. The van der Waals surface area contributed by atoms with Gasteiger partial charge in [0.1, 0.15) is 17.9 Å². The number of aliphatic hydroxyl groups excluding tert-OH is 1. The minimum absolute atomic E-state index is 0.346. The molecule has 0 spiro atoms. The van der Waals surface area contributed by atoms with E-state index in [9.17, 15) is 5.11 Å². The summed E-state index contributed by atoms with van der Waals surface area (Å²) in [6, 6.07) is 9.62. The molecule has 1 unspecified atom stereocenters. The molecule has 0 bridgehead atoms. The standard InChI is InChI=1S/C24H35N5O/c1-16-8-9-22-18(14-16)15-21(23(25)26-17(2)30)24(28-22)29-12-10-20(11-13-29)27-19-6-4-3-5-7-19/h8-9,14-15,17,19-20,27,30H,3-7,10-13H2,1-2H3,(H2,25,26). The molecule has 1 saturated carbocycles. The molecular formula is C24H35N5O. The molecule has 1 aromatic carbocycles. The van der Waals surface area contributed by atoms with Crippen LogP contribution in [0.2, 0.25) is 0 Å². The first-order chi connectivity index (χ1) is 14.5. The molecule has 4 N–H and O–H groups in total. The number of amidine groups is 1. The first-order valence-corrected chi connectivity index (χ1v) is 11.4. The number of hydrogen-bond donors (Lipinski definition) is 3. The highest BCUT2D eigenvalue weighted by molar-refractivity contribution is 6.04. The van der Waals surface area contributed by atoms with Gasteiger partial charge >= 0.3 is 0 Å². The maximum Gasteiger partial charge on any atom is 0.144 e. The van der Waals surface area contributed by atoms with Crippen LogP contribution in [0.3, 0.4) is 0 Å². The molecule has 2 aromatic rings. The van der Waals surface area contributed by atoms with Gasteiger partial charge in [-0.05, 0) is 57.7 Å². The van der Waals surface area contributed by atoms with Crippen molar-refractivity contribution in [1.82, 2.24) is 10.3 Å². The number of nitrogens with two attached hydrogens (primary N) is 1. The van der Waals surface area contributed by atoms with Crippen LogP contribution in [0.15, 0.2) is 29.3 Å². The molecule has 1 atom stereocenters. The van der Waals surface area contributed by atoms with Crippen LogP contribution in [0.4, 0.5) is 5.82 Å². The first-order valence-electron chi connectivity index (χ1n) is 11.4. The van der Waals surface area contributed by atoms with Crippen molar-refractivity contribution in [2.24, 2.45) is 10.7 Å². The molecule has 1 saturated heterocycles. The summed E-state index contributed by atoms with van der Waals surface area (Å²) in [4.78, 5) is 11.5. The zero-order valence-electron chi connectivity index (χ0n) is 18.3. The summed E-state index contributed by atoms with van der Waals surface area (Å²) in [6.45, 7) is 5.59. The molecule has 1 aliphatic carbocycles. The van der Waals surface area contributed by atoms with Crippen LogP contribution in [-0.4, -0.2) is 47.3 Å². The normalized spacial score (nSPS) is 20.6. The van der Waals surface area contributed by atoms with Gasteiger partial charge in [-0.3, -0.25) is 0 Å². The molecule has 0 radical (unpaired) electrons. The minimum atomic E-state index is -0.837. The summed E-state index contributed by atoms with van der Waals surface area (Å²) in [6.07, 6.45) is 8.14. The zero-order chi connectivity index (χ0) is 21.1. The van der Waals surface area contributed by atoms with E-state index in [1.807, 2.05) is 0 Å². The highest BCUT2D eigenvalue weighted by Crippen LogP contribution is 2.28. The summed E-state index contributed by atoms with van der Waals surface area (Å²) in [5.74, 6) is 1.22. The molecule has 4 rings (SSSR count). The lowest BCUT2D eigenvalue weighted by molar-refractivity contribution is 0.205. The highest BCUT2D eigenvalue weighted by Gasteiger charge is 2.25. The number of pyridine rings is 1. The van der Waals surface area contributed by atoms with Crippen LogP contribution in [0.25, 0.3) is 10.9 Å². The molecule has 2 heterocycles. The molecule has 1 aliphatic heterocycles. The van der Waals surface area contributed by atoms with E-state index in [2.05, 4.69) is 46.4 Å². The Morgan fingerprint density at radius 1 is 1.13 bits per heavy atom. The minimum Gasteiger partial charge on any atom is -0.383 e. The van der Waals surface area contributed by atoms with Gasteiger partial charge in [0.05, 0.1) is 11.1 Å². The summed E-state index contributed by atoms with van der Waals surface area (Å²) in [5.41, 5.74) is 9.26. The summed E-state index contributed by atoms with van der Waals surface area (Å²) >= 11 is 0. The Labute approximate surface area is 179 Å². The summed E-state index contributed by atoms with van der Waals surface area (Å²) in [5, 5.41) is 14.7. The second-order valence-electron chi connectivity index (χ2n) is 8.96. The molecule has 30 heavy (non-hydrogen) atoms. The quantitative estimate of drug-likeness (QED) is 0.520. The van der Waals surface area contributed by atoms with E-state index in [0.29, 0.717) is 17.9 Å². The molecular weight excluding hydrogens is 374 g/mol. The van der Waals surface area contributed by atoms with Gasteiger partial charge in [-0.15, -0.1) is 0 Å². The number of benzene rings is 1. The number of aliphatic hydroxyl groups is 1. The topological polar surface area (TPSA) is 86.8 Å². The third-order valence-electron chi connectivity index (χ3n) is 6.42. The maximum absolute atomic E-state index is 9.72. The molecule has 162 valence electrons. The average Bonchev–Trinajstić information content (AvgIpc) is 2.73. The van der Waals surface area contributed by atoms with Crippen molar-refractivity contribution in [1.29, 1.82) is 0 Å². The fourth-order valence-electron chi connectivity index (χ4n) is 4.85.